The number of para-hydroxylation sites is 2. The monoisotopic (exact) mass is 486 g/mol. The van der Waals surface area contributed by atoms with Crippen molar-refractivity contribution in [2.24, 2.45) is 0 Å². The van der Waals surface area contributed by atoms with Gasteiger partial charge in [0.1, 0.15) is 11.5 Å². The molecule has 0 aromatic heterocycles. The van der Waals surface area contributed by atoms with E-state index in [9.17, 15) is 0 Å². The van der Waals surface area contributed by atoms with Crippen molar-refractivity contribution in [3.63, 3.8) is 0 Å². The zero-order chi connectivity index (χ0) is 22.0. The zero-order valence-corrected chi connectivity index (χ0v) is 19.3. The highest BCUT2D eigenvalue weighted by Gasteiger charge is 2.50. The lowest BCUT2D eigenvalue weighted by molar-refractivity contribution is 0.436. The summed E-state index contributed by atoms with van der Waals surface area (Å²) in [6.07, 6.45) is 0. The van der Waals surface area contributed by atoms with Gasteiger partial charge in [-0.25, -0.2) is 0 Å². The summed E-state index contributed by atoms with van der Waals surface area (Å²) in [5.74, 6) is 1.85. The first-order valence-corrected chi connectivity index (χ1v) is 11.9. The van der Waals surface area contributed by atoms with Crippen LogP contribution >= 0.6 is 15.9 Å². The van der Waals surface area contributed by atoms with Gasteiger partial charge in [-0.05, 0) is 63.7 Å². The molecule has 0 unspecified atom stereocenters. The fraction of sp³-hybridized carbons (Fsp3) is 0.0323. The van der Waals surface area contributed by atoms with Crippen LogP contribution in [0.3, 0.4) is 0 Å². The van der Waals surface area contributed by atoms with E-state index in [1.165, 1.54) is 44.5 Å². The van der Waals surface area contributed by atoms with Gasteiger partial charge in [0.15, 0.2) is 0 Å². The van der Waals surface area contributed by atoms with Gasteiger partial charge in [-0.1, -0.05) is 101 Å². The van der Waals surface area contributed by atoms with E-state index in [-0.39, 0.29) is 0 Å². The van der Waals surface area contributed by atoms with E-state index >= 15 is 0 Å². The molecular weight excluding hydrogens is 468 g/mol. The Kier molecular flexibility index (Phi) is 3.97. The van der Waals surface area contributed by atoms with Crippen LogP contribution in [0.5, 0.6) is 11.5 Å². The third-order valence-electron chi connectivity index (χ3n) is 7.02. The summed E-state index contributed by atoms with van der Waals surface area (Å²) in [5.41, 5.74) is 9.65. The summed E-state index contributed by atoms with van der Waals surface area (Å²) in [6.45, 7) is 0. The van der Waals surface area contributed by atoms with Crippen LogP contribution in [0.25, 0.3) is 22.3 Å². The van der Waals surface area contributed by atoms with Gasteiger partial charge >= 0.3 is 0 Å². The molecule has 2 aliphatic rings. The van der Waals surface area contributed by atoms with E-state index in [0.717, 1.165) is 16.0 Å². The summed E-state index contributed by atoms with van der Waals surface area (Å²) in [5, 5.41) is 0. The number of benzene rings is 5. The Morgan fingerprint density at radius 3 is 1.73 bits per heavy atom. The Labute approximate surface area is 201 Å². The summed E-state index contributed by atoms with van der Waals surface area (Å²) in [7, 11) is 0. The maximum Gasteiger partial charge on any atom is 0.132 e. The van der Waals surface area contributed by atoms with Crippen molar-refractivity contribution in [2.45, 2.75) is 5.41 Å². The Morgan fingerprint density at radius 2 is 1.03 bits per heavy atom. The van der Waals surface area contributed by atoms with Crippen molar-refractivity contribution in [1.82, 2.24) is 0 Å². The average molecular weight is 487 g/mol. The molecule has 0 bridgehead atoms. The largest absolute Gasteiger partial charge is 0.457 e. The smallest absolute Gasteiger partial charge is 0.132 e. The molecular formula is C31H19BrO. The molecule has 5 aromatic rings. The van der Waals surface area contributed by atoms with E-state index in [1.807, 2.05) is 0 Å². The molecule has 5 aromatic carbocycles. The molecule has 0 atom stereocenters. The van der Waals surface area contributed by atoms with Gasteiger partial charge in [-0.15, -0.1) is 0 Å². The Balaban J connectivity index is 1.59. The topological polar surface area (TPSA) is 9.23 Å². The highest BCUT2D eigenvalue weighted by Crippen LogP contribution is 2.62. The molecule has 0 saturated heterocycles. The van der Waals surface area contributed by atoms with E-state index in [2.05, 4.69) is 131 Å². The second kappa shape index (κ2) is 6.94. The molecule has 1 nitrogen and oxygen atoms in total. The normalized spacial score (nSPS) is 14.1. The highest BCUT2D eigenvalue weighted by atomic mass is 79.9. The molecule has 156 valence electrons. The third-order valence-corrected chi connectivity index (χ3v) is 7.55. The van der Waals surface area contributed by atoms with Crippen molar-refractivity contribution >= 4 is 15.9 Å². The van der Waals surface area contributed by atoms with Gasteiger partial charge in [-0.2, -0.15) is 0 Å². The van der Waals surface area contributed by atoms with Crippen LogP contribution in [0, 0.1) is 0 Å². The van der Waals surface area contributed by atoms with Gasteiger partial charge in [0.25, 0.3) is 0 Å². The number of halogens is 1. The molecule has 2 heteroatoms. The van der Waals surface area contributed by atoms with E-state index in [0.29, 0.717) is 0 Å². The van der Waals surface area contributed by atoms with Crippen molar-refractivity contribution in [1.29, 1.82) is 0 Å². The van der Waals surface area contributed by atoms with Gasteiger partial charge in [0.05, 0.1) is 5.41 Å². The quantitative estimate of drug-likeness (QED) is 0.225. The molecule has 1 aliphatic carbocycles. The first-order valence-electron chi connectivity index (χ1n) is 11.1. The van der Waals surface area contributed by atoms with E-state index in [4.69, 9.17) is 4.74 Å². The van der Waals surface area contributed by atoms with Gasteiger partial charge in [0, 0.05) is 15.6 Å². The van der Waals surface area contributed by atoms with Crippen LogP contribution < -0.4 is 4.74 Å². The van der Waals surface area contributed by atoms with Gasteiger partial charge in [0.2, 0.25) is 0 Å². The number of hydrogen-bond donors (Lipinski definition) is 0. The van der Waals surface area contributed by atoms with Crippen LogP contribution in [-0.4, -0.2) is 0 Å². The predicted molar refractivity (Wildman–Crippen MR) is 137 cm³/mol. The molecule has 0 amide bonds. The summed E-state index contributed by atoms with van der Waals surface area (Å²) < 4.78 is 7.48. The lowest BCUT2D eigenvalue weighted by Crippen LogP contribution is -2.32. The maximum absolute atomic E-state index is 6.39. The zero-order valence-electron chi connectivity index (χ0n) is 17.8. The Bertz CT molecular complexity index is 1500. The second-order valence-corrected chi connectivity index (χ2v) is 9.57. The first-order chi connectivity index (χ1) is 16.3. The van der Waals surface area contributed by atoms with Crippen molar-refractivity contribution < 1.29 is 4.74 Å². The average Bonchev–Trinajstić information content (AvgIpc) is 3.15. The van der Waals surface area contributed by atoms with E-state index < -0.39 is 5.41 Å². The fourth-order valence-electron chi connectivity index (χ4n) is 5.68. The molecule has 1 aliphatic heterocycles. The van der Waals surface area contributed by atoms with Gasteiger partial charge in [-0.3, -0.25) is 0 Å². The molecule has 1 spiro atoms. The molecule has 0 fully saturated rings. The summed E-state index contributed by atoms with van der Waals surface area (Å²) in [4.78, 5) is 0. The minimum absolute atomic E-state index is 0.393. The molecule has 33 heavy (non-hydrogen) atoms. The maximum atomic E-state index is 6.39. The number of hydrogen-bond acceptors (Lipinski definition) is 1. The first kappa shape index (κ1) is 18.9. The number of fused-ring (bicyclic) bond motifs is 9. The summed E-state index contributed by atoms with van der Waals surface area (Å²) >= 11 is 3.56. The minimum atomic E-state index is -0.393. The predicted octanol–water partition coefficient (Wildman–Crippen LogP) is 8.58. The lowest BCUT2D eigenvalue weighted by atomic mass is 9.66. The SMILES string of the molecule is Brc1ccc(-c2ccc3c(c2)-c2ccccc2C32c3ccccc3Oc3ccccc32)cc1. The van der Waals surface area contributed by atoms with Crippen molar-refractivity contribution in [3.8, 4) is 33.8 Å². The summed E-state index contributed by atoms with van der Waals surface area (Å²) in [6, 6.07) is 41.3. The standard InChI is InChI=1S/C31H19BrO/c32-22-16-13-20(14-17-22)21-15-18-26-24(19-21)23-7-1-2-8-25(23)31(26)27-9-3-5-11-29(27)33-30-12-6-4-10-28(30)31/h1-19H. The van der Waals surface area contributed by atoms with Crippen LogP contribution in [0.15, 0.2) is 120 Å². The second-order valence-electron chi connectivity index (χ2n) is 8.66. The van der Waals surface area contributed by atoms with Crippen LogP contribution in [-0.2, 0) is 5.41 Å². The van der Waals surface area contributed by atoms with Crippen LogP contribution in [0.1, 0.15) is 22.3 Å². The molecule has 0 saturated carbocycles. The third kappa shape index (κ3) is 2.53. The molecule has 7 rings (SSSR count). The van der Waals surface area contributed by atoms with Crippen molar-refractivity contribution in [2.75, 3.05) is 0 Å². The highest BCUT2D eigenvalue weighted by molar-refractivity contribution is 9.10. The Morgan fingerprint density at radius 1 is 0.485 bits per heavy atom. The Hall–Kier alpha value is -3.62. The lowest BCUT2D eigenvalue weighted by Gasteiger charge is -2.39. The van der Waals surface area contributed by atoms with E-state index in [1.54, 1.807) is 0 Å². The molecule has 1 heterocycles. The van der Waals surface area contributed by atoms with Crippen molar-refractivity contribution in [3.05, 3.63) is 142 Å². The minimum Gasteiger partial charge on any atom is -0.457 e. The fourth-order valence-corrected chi connectivity index (χ4v) is 5.95. The van der Waals surface area contributed by atoms with Crippen LogP contribution in [0.4, 0.5) is 0 Å². The molecule has 0 N–H and O–H groups in total. The number of ether oxygens (including phenoxy) is 1. The number of rotatable bonds is 1. The van der Waals surface area contributed by atoms with Gasteiger partial charge < -0.3 is 4.74 Å². The molecule has 0 radical (unpaired) electrons. The van der Waals surface area contributed by atoms with Crippen LogP contribution in [0.2, 0.25) is 0 Å².